The van der Waals surface area contributed by atoms with Crippen LogP contribution in [0.5, 0.6) is 0 Å². The molecule has 0 saturated carbocycles. The summed E-state index contributed by atoms with van der Waals surface area (Å²) in [7, 11) is 0. The van der Waals surface area contributed by atoms with Gasteiger partial charge in [0.15, 0.2) is 5.96 Å². The summed E-state index contributed by atoms with van der Waals surface area (Å²) < 4.78 is 5.29. The first-order valence-corrected chi connectivity index (χ1v) is 6.91. The third-order valence-corrected chi connectivity index (χ3v) is 2.63. The molecular weight excluding hydrogens is 365 g/mol. The molecule has 4 nitrogen and oxygen atoms in total. The van der Waals surface area contributed by atoms with Crippen LogP contribution in [0, 0.1) is 6.92 Å². The third-order valence-electron chi connectivity index (χ3n) is 2.63. The van der Waals surface area contributed by atoms with Crippen LogP contribution in [-0.4, -0.2) is 32.3 Å². The van der Waals surface area contributed by atoms with Crippen molar-refractivity contribution in [1.82, 2.24) is 10.6 Å². The Morgan fingerprint density at radius 1 is 1.15 bits per heavy atom. The molecule has 114 valence electrons. The Morgan fingerprint density at radius 2 is 1.85 bits per heavy atom. The maximum atomic E-state index is 5.29. The van der Waals surface area contributed by atoms with Crippen molar-refractivity contribution in [2.45, 2.75) is 27.3 Å². The minimum Gasteiger partial charge on any atom is -0.380 e. The van der Waals surface area contributed by atoms with E-state index in [2.05, 4.69) is 53.7 Å². The number of benzene rings is 1. The van der Waals surface area contributed by atoms with Crippen LogP contribution in [0.15, 0.2) is 29.3 Å². The maximum Gasteiger partial charge on any atom is 0.191 e. The molecule has 1 aromatic rings. The van der Waals surface area contributed by atoms with E-state index in [4.69, 9.17) is 4.74 Å². The number of rotatable bonds is 7. The summed E-state index contributed by atoms with van der Waals surface area (Å²) >= 11 is 0. The molecule has 0 unspecified atom stereocenters. The largest absolute Gasteiger partial charge is 0.380 e. The van der Waals surface area contributed by atoms with Crippen LogP contribution in [0.4, 0.5) is 0 Å². The second kappa shape index (κ2) is 12.0. The molecule has 0 aliphatic heterocycles. The first-order chi connectivity index (χ1) is 9.26. The summed E-state index contributed by atoms with van der Waals surface area (Å²) in [6.07, 6.45) is 0. The molecule has 5 heteroatoms. The molecule has 1 aromatic carbocycles. The van der Waals surface area contributed by atoms with E-state index in [1.165, 1.54) is 11.1 Å². The molecule has 0 fully saturated rings. The van der Waals surface area contributed by atoms with Gasteiger partial charge in [-0.1, -0.05) is 29.8 Å². The van der Waals surface area contributed by atoms with Crippen LogP contribution >= 0.6 is 24.0 Å². The zero-order valence-corrected chi connectivity index (χ0v) is 14.9. The number of hydrogen-bond acceptors (Lipinski definition) is 2. The predicted molar refractivity (Wildman–Crippen MR) is 95.9 cm³/mol. The van der Waals surface area contributed by atoms with E-state index >= 15 is 0 Å². The number of guanidine groups is 1. The molecular formula is C15H26IN3O. The lowest BCUT2D eigenvalue weighted by Gasteiger charge is -2.11. The number of hydrogen-bond donors (Lipinski definition) is 2. The zero-order valence-electron chi connectivity index (χ0n) is 12.6. The van der Waals surface area contributed by atoms with Crippen LogP contribution in [-0.2, 0) is 11.3 Å². The monoisotopic (exact) mass is 391 g/mol. The molecule has 20 heavy (non-hydrogen) atoms. The summed E-state index contributed by atoms with van der Waals surface area (Å²) in [4.78, 5) is 4.55. The first-order valence-electron chi connectivity index (χ1n) is 6.91. The van der Waals surface area contributed by atoms with Gasteiger partial charge in [0.05, 0.1) is 13.2 Å². The van der Waals surface area contributed by atoms with Crippen LogP contribution < -0.4 is 10.6 Å². The Hall–Kier alpha value is -0.820. The summed E-state index contributed by atoms with van der Waals surface area (Å²) in [5.74, 6) is 0.836. The smallest absolute Gasteiger partial charge is 0.191 e. The molecule has 0 amide bonds. The molecule has 2 N–H and O–H groups in total. The molecule has 0 radical (unpaired) electrons. The summed E-state index contributed by atoms with van der Waals surface area (Å²) in [6, 6.07) is 8.45. The molecule has 0 saturated heterocycles. The topological polar surface area (TPSA) is 45.7 Å². The van der Waals surface area contributed by atoms with Gasteiger partial charge in [-0.15, -0.1) is 24.0 Å². The van der Waals surface area contributed by atoms with Gasteiger partial charge in [-0.25, -0.2) is 4.99 Å². The molecule has 0 aliphatic carbocycles. The minimum atomic E-state index is 0. The molecule has 0 aromatic heterocycles. The zero-order chi connectivity index (χ0) is 13.9. The molecule has 0 aliphatic rings. The van der Waals surface area contributed by atoms with Crippen LogP contribution in [0.25, 0.3) is 0 Å². The van der Waals surface area contributed by atoms with E-state index in [1.54, 1.807) is 0 Å². The van der Waals surface area contributed by atoms with Crippen molar-refractivity contribution < 1.29 is 4.74 Å². The Labute approximate surface area is 139 Å². The number of nitrogens with zero attached hydrogens (tertiary/aromatic N) is 1. The number of aliphatic imine (C=N–C) groups is 1. The van der Waals surface area contributed by atoms with Crippen LogP contribution in [0.2, 0.25) is 0 Å². The van der Waals surface area contributed by atoms with E-state index in [9.17, 15) is 0 Å². The molecule has 1 rings (SSSR count). The average Bonchev–Trinajstić information content (AvgIpc) is 2.42. The van der Waals surface area contributed by atoms with Gasteiger partial charge in [0, 0.05) is 19.7 Å². The Morgan fingerprint density at radius 3 is 2.45 bits per heavy atom. The summed E-state index contributed by atoms with van der Waals surface area (Å²) in [5.41, 5.74) is 2.49. The Kier molecular flexibility index (Phi) is 11.5. The number of ether oxygens (including phenoxy) is 1. The Bertz CT molecular complexity index is 379. The van der Waals surface area contributed by atoms with Crippen LogP contribution in [0.1, 0.15) is 25.0 Å². The lowest BCUT2D eigenvalue weighted by atomic mass is 10.1. The van der Waals surface area contributed by atoms with Gasteiger partial charge in [0.25, 0.3) is 0 Å². The van der Waals surface area contributed by atoms with Crippen molar-refractivity contribution in [3.05, 3.63) is 35.4 Å². The van der Waals surface area contributed by atoms with E-state index in [1.807, 2.05) is 6.92 Å². The second-order valence-corrected chi connectivity index (χ2v) is 4.30. The molecule has 0 heterocycles. The second-order valence-electron chi connectivity index (χ2n) is 4.30. The quantitative estimate of drug-likeness (QED) is 0.325. The van der Waals surface area contributed by atoms with Gasteiger partial charge in [0.2, 0.25) is 0 Å². The first kappa shape index (κ1) is 19.2. The lowest BCUT2D eigenvalue weighted by Crippen LogP contribution is -2.39. The van der Waals surface area contributed by atoms with Gasteiger partial charge in [-0.05, 0) is 26.3 Å². The van der Waals surface area contributed by atoms with Gasteiger partial charge < -0.3 is 15.4 Å². The van der Waals surface area contributed by atoms with Gasteiger partial charge in [0.1, 0.15) is 0 Å². The summed E-state index contributed by atoms with van der Waals surface area (Å²) in [6.45, 7) is 9.91. The number of aryl methyl sites for hydroxylation is 1. The highest BCUT2D eigenvalue weighted by Crippen LogP contribution is 2.04. The Balaban J connectivity index is 0.00000361. The van der Waals surface area contributed by atoms with Gasteiger partial charge in [-0.3, -0.25) is 0 Å². The number of halogens is 1. The van der Waals surface area contributed by atoms with Crippen molar-refractivity contribution >= 4 is 29.9 Å². The van der Waals surface area contributed by atoms with Gasteiger partial charge >= 0.3 is 0 Å². The molecule has 0 atom stereocenters. The fraction of sp³-hybridized carbons (Fsp3) is 0.533. The van der Waals surface area contributed by atoms with Crippen molar-refractivity contribution in [3.63, 3.8) is 0 Å². The normalized spacial score (nSPS) is 10.8. The SMILES string of the molecule is CCNC(=NCc1ccc(C)cc1)NCCOCC.I. The van der Waals surface area contributed by atoms with Crippen molar-refractivity contribution in [3.8, 4) is 0 Å². The predicted octanol–water partition coefficient (Wildman–Crippen LogP) is 2.70. The number of nitrogens with one attached hydrogen (secondary N) is 2. The standard InChI is InChI=1S/C15H25N3O.HI/c1-4-16-15(17-10-11-19-5-2)18-12-14-8-6-13(3)7-9-14;/h6-9H,4-5,10-12H2,1-3H3,(H2,16,17,18);1H. The average molecular weight is 391 g/mol. The van der Waals surface area contributed by atoms with E-state index in [0.717, 1.165) is 25.7 Å². The third kappa shape index (κ3) is 8.37. The van der Waals surface area contributed by atoms with Gasteiger partial charge in [-0.2, -0.15) is 0 Å². The molecule has 0 bridgehead atoms. The van der Waals surface area contributed by atoms with E-state index in [0.29, 0.717) is 13.2 Å². The highest BCUT2D eigenvalue weighted by molar-refractivity contribution is 14.0. The fourth-order valence-electron chi connectivity index (χ4n) is 1.59. The summed E-state index contributed by atoms with van der Waals surface area (Å²) in [5, 5.41) is 6.48. The maximum absolute atomic E-state index is 5.29. The van der Waals surface area contributed by atoms with Crippen LogP contribution in [0.3, 0.4) is 0 Å². The minimum absolute atomic E-state index is 0. The highest BCUT2D eigenvalue weighted by atomic mass is 127. The van der Waals surface area contributed by atoms with Crippen molar-refractivity contribution in [1.29, 1.82) is 0 Å². The highest BCUT2D eigenvalue weighted by Gasteiger charge is 1.97. The van der Waals surface area contributed by atoms with Crippen molar-refractivity contribution in [2.24, 2.45) is 4.99 Å². The van der Waals surface area contributed by atoms with E-state index in [-0.39, 0.29) is 24.0 Å². The van der Waals surface area contributed by atoms with Crippen molar-refractivity contribution in [2.75, 3.05) is 26.3 Å². The van der Waals surface area contributed by atoms with E-state index < -0.39 is 0 Å². The lowest BCUT2D eigenvalue weighted by molar-refractivity contribution is 0.152. The molecule has 0 spiro atoms. The fourth-order valence-corrected chi connectivity index (χ4v) is 1.59.